The highest BCUT2D eigenvalue weighted by Gasteiger charge is 2.15. The fourth-order valence-corrected chi connectivity index (χ4v) is 3.74. The summed E-state index contributed by atoms with van der Waals surface area (Å²) in [6.45, 7) is 5.35. The molecular formula is C22H25ClFN4O3+. The van der Waals surface area contributed by atoms with Gasteiger partial charge in [0.1, 0.15) is 31.1 Å². The molecule has 4 rings (SSSR count). The fourth-order valence-electron chi connectivity index (χ4n) is 3.56. The van der Waals surface area contributed by atoms with Gasteiger partial charge < -0.3 is 24.4 Å². The van der Waals surface area contributed by atoms with E-state index in [4.69, 9.17) is 25.8 Å². The number of hydrogen-bond acceptors (Lipinski definition) is 6. The van der Waals surface area contributed by atoms with E-state index in [0.29, 0.717) is 35.1 Å². The molecule has 9 heteroatoms. The van der Waals surface area contributed by atoms with E-state index in [1.165, 1.54) is 23.4 Å². The highest BCUT2D eigenvalue weighted by molar-refractivity contribution is 6.31. The maximum absolute atomic E-state index is 13.5. The molecule has 0 saturated carbocycles. The molecule has 0 amide bonds. The van der Waals surface area contributed by atoms with Gasteiger partial charge in [0.15, 0.2) is 11.5 Å². The normalized spacial score (nSPS) is 14.5. The second-order valence-corrected chi connectivity index (χ2v) is 7.72. The number of rotatable bonds is 8. The summed E-state index contributed by atoms with van der Waals surface area (Å²) in [5, 5.41) is 3.98. The van der Waals surface area contributed by atoms with Crippen LogP contribution in [0.1, 0.15) is 6.42 Å². The number of methoxy groups -OCH3 is 1. The number of ether oxygens (including phenoxy) is 3. The third-order valence-electron chi connectivity index (χ3n) is 5.24. The molecular weight excluding hydrogens is 423 g/mol. The van der Waals surface area contributed by atoms with Crippen LogP contribution >= 0.6 is 11.6 Å². The van der Waals surface area contributed by atoms with Crippen LogP contribution in [0.25, 0.3) is 10.9 Å². The minimum absolute atomic E-state index is 0.0384. The molecule has 2 N–H and O–H groups in total. The Morgan fingerprint density at radius 2 is 2.00 bits per heavy atom. The van der Waals surface area contributed by atoms with Crippen molar-refractivity contribution in [2.24, 2.45) is 0 Å². The first-order chi connectivity index (χ1) is 15.1. The lowest BCUT2D eigenvalue weighted by Gasteiger charge is -2.23. The van der Waals surface area contributed by atoms with Crippen LogP contribution in [0.4, 0.5) is 15.9 Å². The maximum Gasteiger partial charge on any atom is 0.162 e. The molecule has 1 aliphatic rings. The fraction of sp³-hybridized carbons (Fsp3) is 0.364. The molecule has 0 spiro atoms. The number of nitrogens with one attached hydrogen (secondary N) is 2. The molecule has 0 unspecified atom stereocenters. The Kier molecular flexibility index (Phi) is 7.01. The molecule has 1 fully saturated rings. The molecule has 0 atom stereocenters. The lowest BCUT2D eigenvalue weighted by Crippen LogP contribution is -3.14. The van der Waals surface area contributed by atoms with E-state index in [1.807, 2.05) is 12.1 Å². The van der Waals surface area contributed by atoms with Gasteiger partial charge in [-0.3, -0.25) is 0 Å². The van der Waals surface area contributed by atoms with Crippen LogP contribution in [0.3, 0.4) is 0 Å². The molecule has 31 heavy (non-hydrogen) atoms. The predicted octanol–water partition coefficient (Wildman–Crippen LogP) is 2.86. The maximum atomic E-state index is 13.5. The monoisotopic (exact) mass is 447 g/mol. The van der Waals surface area contributed by atoms with Crippen LogP contribution in [0.5, 0.6) is 11.5 Å². The summed E-state index contributed by atoms with van der Waals surface area (Å²) in [4.78, 5) is 10.2. The van der Waals surface area contributed by atoms with Crippen molar-refractivity contribution in [2.45, 2.75) is 6.42 Å². The van der Waals surface area contributed by atoms with Crippen LogP contribution in [-0.4, -0.2) is 56.5 Å². The number of anilines is 2. The topological polar surface area (TPSA) is 69.9 Å². The van der Waals surface area contributed by atoms with Crippen molar-refractivity contribution < 1.29 is 23.5 Å². The Morgan fingerprint density at radius 1 is 1.16 bits per heavy atom. The zero-order valence-corrected chi connectivity index (χ0v) is 18.0. The Morgan fingerprint density at radius 3 is 2.77 bits per heavy atom. The Bertz CT molecular complexity index is 1050. The molecule has 3 aromatic rings. The number of morpholine rings is 1. The van der Waals surface area contributed by atoms with Crippen molar-refractivity contribution in [3.63, 3.8) is 0 Å². The van der Waals surface area contributed by atoms with Gasteiger partial charge in [-0.2, -0.15) is 0 Å². The molecule has 2 aromatic carbocycles. The van der Waals surface area contributed by atoms with Gasteiger partial charge >= 0.3 is 0 Å². The van der Waals surface area contributed by atoms with Gasteiger partial charge in [0.05, 0.1) is 44.0 Å². The molecule has 164 valence electrons. The standard InChI is InChI=1S/C22H24ClFN4O3/c1-29-20-13-19-16(12-21(20)31-8-2-5-28-6-9-30-10-7-28)22(26-14-25-19)27-15-3-4-18(24)17(23)11-15/h3-4,11-14H,2,5-10H2,1H3,(H,25,26,27)/p+1. The summed E-state index contributed by atoms with van der Waals surface area (Å²) in [5.74, 6) is 1.33. The van der Waals surface area contributed by atoms with Gasteiger partial charge in [0.25, 0.3) is 0 Å². The van der Waals surface area contributed by atoms with E-state index in [1.54, 1.807) is 13.2 Å². The minimum atomic E-state index is -0.473. The van der Waals surface area contributed by atoms with Gasteiger partial charge in [-0.05, 0) is 24.3 Å². The Hall–Kier alpha value is -2.68. The molecule has 0 radical (unpaired) electrons. The first-order valence-corrected chi connectivity index (χ1v) is 10.6. The number of nitrogens with zero attached hydrogens (tertiary/aromatic N) is 2. The third kappa shape index (κ3) is 5.33. The van der Waals surface area contributed by atoms with E-state index >= 15 is 0 Å². The molecule has 0 bridgehead atoms. The summed E-state index contributed by atoms with van der Waals surface area (Å²) in [5.41, 5.74) is 1.32. The van der Waals surface area contributed by atoms with E-state index in [0.717, 1.165) is 44.7 Å². The third-order valence-corrected chi connectivity index (χ3v) is 5.52. The van der Waals surface area contributed by atoms with Crippen molar-refractivity contribution in [3.05, 3.63) is 47.5 Å². The summed E-state index contributed by atoms with van der Waals surface area (Å²) >= 11 is 5.90. The number of benzene rings is 2. The number of halogens is 2. The lowest BCUT2D eigenvalue weighted by atomic mass is 10.2. The zero-order chi connectivity index (χ0) is 21.6. The van der Waals surface area contributed by atoms with Crippen LogP contribution in [-0.2, 0) is 4.74 Å². The highest BCUT2D eigenvalue weighted by atomic mass is 35.5. The quantitative estimate of drug-likeness (QED) is 0.517. The van der Waals surface area contributed by atoms with Crippen molar-refractivity contribution in [1.29, 1.82) is 0 Å². The lowest BCUT2D eigenvalue weighted by molar-refractivity contribution is -0.908. The van der Waals surface area contributed by atoms with E-state index in [-0.39, 0.29) is 5.02 Å². The van der Waals surface area contributed by atoms with Crippen LogP contribution in [0, 0.1) is 5.82 Å². The molecule has 2 heterocycles. The van der Waals surface area contributed by atoms with Crippen molar-refractivity contribution in [2.75, 3.05) is 51.9 Å². The Balaban J connectivity index is 1.51. The predicted molar refractivity (Wildman–Crippen MR) is 117 cm³/mol. The van der Waals surface area contributed by atoms with Gasteiger partial charge in [-0.1, -0.05) is 11.6 Å². The smallest absolute Gasteiger partial charge is 0.162 e. The second kappa shape index (κ2) is 10.1. The molecule has 1 aromatic heterocycles. The summed E-state index contributed by atoms with van der Waals surface area (Å²) in [6, 6.07) is 8.11. The zero-order valence-electron chi connectivity index (χ0n) is 17.3. The van der Waals surface area contributed by atoms with Gasteiger partial charge in [-0.25, -0.2) is 14.4 Å². The van der Waals surface area contributed by atoms with Gasteiger partial charge in [0, 0.05) is 23.6 Å². The number of aromatic nitrogens is 2. The first-order valence-electron chi connectivity index (χ1n) is 10.2. The SMILES string of the molecule is COc1cc2ncnc(Nc3ccc(F)c(Cl)c3)c2cc1OCCC[NH+]1CCOCC1. The van der Waals surface area contributed by atoms with Crippen molar-refractivity contribution >= 4 is 34.0 Å². The molecule has 7 nitrogen and oxygen atoms in total. The number of quaternary nitrogens is 1. The van der Waals surface area contributed by atoms with Crippen LogP contribution in [0.15, 0.2) is 36.7 Å². The minimum Gasteiger partial charge on any atom is -0.493 e. The average Bonchev–Trinajstić information content (AvgIpc) is 2.79. The summed E-state index contributed by atoms with van der Waals surface area (Å²) in [7, 11) is 1.60. The number of fused-ring (bicyclic) bond motifs is 1. The van der Waals surface area contributed by atoms with Crippen molar-refractivity contribution in [1.82, 2.24) is 9.97 Å². The van der Waals surface area contributed by atoms with Crippen molar-refractivity contribution in [3.8, 4) is 11.5 Å². The molecule has 0 aliphatic carbocycles. The summed E-state index contributed by atoms with van der Waals surface area (Å²) < 4.78 is 30.4. The van der Waals surface area contributed by atoms with Crippen LogP contribution in [0.2, 0.25) is 5.02 Å². The second-order valence-electron chi connectivity index (χ2n) is 7.31. The van der Waals surface area contributed by atoms with Gasteiger partial charge in [0.2, 0.25) is 0 Å². The average molecular weight is 448 g/mol. The van der Waals surface area contributed by atoms with E-state index in [2.05, 4.69) is 15.3 Å². The van der Waals surface area contributed by atoms with E-state index < -0.39 is 5.82 Å². The summed E-state index contributed by atoms with van der Waals surface area (Å²) in [6.07, 6.45) is 2.39. The molecule has 1 saturated heterocycles. The Labute approximate surface area is 185 Å². The molecule has 1 aliphatic heterocycles. The first kappa shape index (κ1) is 21.5. The highest BCUT2D eigenvalue weighted by Crippen LogP contribution is 2.35. The van der Waals surface area contributed by atoms with Crippen LogP contribution < -0.4 is 19.7 Å². The number of hydrogen-bond donors (Lipinski definition) is 2. The largest absolute Gasteiger partial charge is 0.493 e. The van der Waals surface area contributed by atoms with Gasteiger partial charge in [-0.15, -0.1) is 0 Å². The van der Waals surface area contributed by atoms with E-state index in [9.17, 15) is 4.39 Å².